The second-order valence-corrected chi connectivity index (χ2v) is 7.85. The maximum atomic E-state index is 12.4. The molecule has 146 valence electrons. The molecule has 0 unspecified atom stereocenters. The lowest BCUT2D eigenvalue weighted by molar-refractivity contribution is -0.139. The number of rotatable bonds is 8. The van der Waals surface area contributed by atoms with Crippen molar-refractivity contribution in [3.8, 4) is 0 Å². The van der Waals surface area contributed by atoms with Gasteiger partial charge < -0.3 is 19.7 Å². The summed E-state index contributed by atoms with van der Waals surface area (Å²) in [4.78, 5) is 26.1. The number of amides is 2. The second kappa shape index (κ2) is 10.6. The summed E-state index contributed by atoms with van der Waals surface area (Å²) in [5, 5.41) is 2.81. The molecule has 6 heteroatoms. The van der Waals surface area contributed by atoms with Gasteiger partial charge in [-0.15, -0.1) is 0 Å². The molecule has 2 amide bonds. The fourth-order valence-electron chi connectivity index (χ4n) is 2.83. The molecule has 0 saturated carbocycles. The van der Waals surface area contributed by atoms with Crippen molar-refractivity contribution < 1.29 is 19.1 Å². The van der Waals surface area contributed by atoms with Crippen LogP contribution in [0.1, 0.15) is 73.1 Å². The number of carbonyl (C=O) groups excluding carboxylic acids is 2. The monoisotopic (exact) mass is 356 g/mol. The van der Waals surface area contributed by atoms with Gasteiger partial charge in [-0.1, -0.05) is 32.6 Å². The van der Waals surface area contributed by atoms with Gasteiger partial charge in [0.25, 0.3) is 0 Å². The van der Waals surface area contributed by atoms with Crippen LogP contribution < -0.4 is 5.32 Å². The summed E-state index contributed by atoms with van der Waals surface area (Å²) in [7, 11) is 0. The Labute approximate surface area is 152 Å². The molecule has 0 aromatic heterocycles. The van der Waals surface area contributed by atoms with Gasteiger partial charge in [0, 0.05) is 19.5 Å². The molecule has 1 aliphatic heterocycles. The summed E-state index contributed by atoms with van der Waals surface area (Å²) >= 11 is 0. The fourth-order valence-corrected chi connectivity index (χ4v) is 2.83. The Kier molecular flexibility index (Phi) is 9.25. The van der Waals surface area contributed by atoms with Crippen LogP contribution in [0.3, 0.4) is 0 Å². The topological polar surface area (TPSA) is 67.9 Å². The van der Waals surface area contributed by atoms with E-state index in [-0.39, 0.29) is 18.1 Å². The molecule has 1 saturated heterocycles. The SMILES string of the molecule is CCCCCCCC(=O)N1CCO[C@H]([C@H](C)NC(=O)OC(C)(C)C)C1. The predicted octanol–water partition coefficient (Wildman–Crippen LogP) is 3.49. The minimum atomic E-state index is -0.531. The van der Waals surface area contributed by atoms with E-state index in [1.807, 2.05) is 32.6 Å². The van der Waals surface area contributed by atoms with Gasteiger partial charge in [-0.3, -0.25) is 4.79 Å². The highest BCUT2D eigenvalue weighted by Crippen LogP contribution is 2.14. The number of nitrogens with zero attached hydrogens (tertiary/aromatic N) is 1. The zero-order valence-electron chi connectivity index (χ0n) is 16.6. The van der Waals surface area contributed by atoms with E-state index in [1.165, 1.54) is 19.3 Å². The lowest BCUT2D eigenvalue weighted by Gasteiger charge is -2.36. The number of hydrogen-bond acceptors (Lipinski definition) is 4. The number of morpholine rings is 1. The average Bonchev–Trinajstić information content (AvgIpc) is 2.52. The molecule has 1 N–H and O–H groups in total. The van der Waals surface area contributed by atoms with E-state index in [4.69, 9.17) is 9.47 Å². The van der Waals surface area contributed by atoms with E-state index in [9.17, 15) is 9.59 Å². The zero-order chi connectivity index (χ0) is 18.9. The Balaban J connectivity index is 2.37. The summed E-state index contributed by atoms with van der Waals surface area (Å²) in [6.45, 7) is 11.2. The first-order valence-corrected chi connectivity index (χ1v) is 9.62. The number of hydrogen-bond donors (Lipinski definition) is 1. The third-order valence-electron chi connectivity index (χ3n) is 4.24. The predicted molar refractivity (Wildman–Crippen MR) is 98.5 cm³/mol. The number of ether oxygens (including phenoxy) is 2. The van der Waals surface area contributed by atoms with Crippen molar-refractivity contribution in [2.24, 2.45) is 0 Å². The molecule has 6 nitrogen and oxygen atoms in total. The Morgan fingerprint density at radius 2 is 1.92 bits per heavy atom. The normalized spacial score (nSPS) is 19.4. The number of nitrogens with one attached hydrogen (secondary N) is 1. The molecule has 1 heterocycles. The summed E-state index contributed by atoms with van der Waals surface area (Å²) < 4.78 is 11.0. The van der Waals surface area contributed by atoms with Crippen molar-refractivity contribution in [3.05, 3.63) is 0 Å². The van der Waals surface area contributed by atoms with Crippen molar-refractivity contribution in [2.75, 3.05) is 19.7 Å². The quantitative estimate of drug-likeness (QED) is 0.676. The Morgan fingerprint density at radius 3 is 2.56 bits per heavy atom. The molecule has 1 rings (SSSR count). The molecule has 1 aliphatic rings. The Morgan fingerprint density at radius 1 is 1.24 bits per heavy atom. The molecule has 0 radical (unpaired) electrons. The summed E-state index contributed by atoms with van der Waals surface area (Å²) in [5.41, 5.74) is -0.531. The zero-order valence-corrected chi connectivity index (χ0v) is 16.6. The molecule has 0 aromatic rings. The number of unbranched alkanes of at least 4 members (excludes halogenated alkanes) is 4. The second-order valence-electron chi connectivity index (χ2n) is 7.85. The van der Waals surface area contributed by atoms with Crippen LogP contribution in [0.2, 0.25) is 0 Å². The van der Waals surface area contributed by atoms with Gasteiger partial charge >= 0.3 is 6.09 Å². The van der Waals surface area contributed by atoms with Crippen LogP contribution in [-0.4, -0.2) is 54.3 Å². The van der Waals surface area contributed by atoms with Crippen LogP contribution in [-0.2, 0) is 14.3 Å². The molecule has 2 atom stereocenters. The standard InChI is InChI=1S/C19H36N2O4/c1-6-7-8-9-10-11-17(22)21-12-13-24-16(14-21)15(2)20-18(23)25-19(3,4)5/h15-16H,6-14H2,1-5H3,(H,20,23)/t15-,16-/m0/s1. The minimum Gasteiger partial charge on any atom is -0.444 e. The third kappa shape index (κ3) is 9.10. The summed E-state index contributed by atoms with van der Waals surface area (Å²) in [6.07, 6.45) is 5.66. The molecule has 0 spiro atoms. The van der Waals surface area contributed by atoms with E-state index in [0.717, 1.165) is 12.8 Å². The van der Waals surface area contributed by atoms with Gasteiger partial charge in [0.15, 0.2) is 0 Å². The van der Waals surface area contributed by atoms with Gasteiger partial charge in [-0.2, -0.15) is 0 Å². The number of alkyl carbamates (subject to hydrolysis) is 1. The Bertz CT molecular complexity index is 420. The van der Waals surface area contributed by atoms with Gasteiger partial charge in [-0.25, -0.2) is 4.79 Å². The van der Waals surface area contributed by atoms with Crippen molar-refractivity contribution in [1.82, 2.24) is 10.2 Å². The molecular weight excluding hydrogens is 320 g/mol. The van der Waals surface area contributed by atoms with Gasteiger partial charge in [0.05, 0.1) is 18.8 Å². The maximum Gasteiger partial charge on any atom is 0.407 e. The van der Waals surface area contributed by atoms with E-state index in [0.29, 0.717) is 26.1 Å². The van der Waals surface area contributed by atoms with Crippen molar-refractivity contribution in [3.63, 3.8) is 0 Å². The van der Waals surface area contributed by atoms with Crippen LogP contribution in [0.25, 0.3) is 0 Å². The highest BCUT2D eigenvalue weighted by molar-refractivity contribution is 5.76. The Hall–Kier alpha value is -1.30. The third-order valence-corrected chi connectivity index (χ3v) is 4.24. The minimum absolute atomic E-state index is 0.189. The smallest absolute Gasteiger partial charge is 0.407 e. The van der Waals surface area contributed by atoms with Crippen LogP contribution in [0.15, 0.2) is 0 Å². The molecule has 0 aliphatic carbocycles. The van der Waals surface area contributed by atoms with Crippen molar-refractivity contribution >= 4 is 12.0 Å². The van der Waals surface area contributed by atoms with Crippen molar-refractivity contribution in [1.29, 1.82) is 0 Å². The molecule has 0 bridgehead atoms. The average molecular weight is 357 g/mol. The largest absolute Gasteiger partial charge is 0.444 e. The van der Waals surface area contributed by atoms with Crippen LogP contribution in [0, 0.1) is 0 Å². The van der Waals surface area contributed by atoms with E-state index < -0.39 is 11.7 Å². The summed E-state index contributed by atoms with van der Waals surface area (Å²) in [5.74, 6) is 0.189. The van der Waals surface area contributed by atoms with Crippen LogP contribution >= 0.6 is 0 Å². The van der Waals surface area contributed by atoms with Crippen LogP contribution in [0.5, 0.6) is 0 Å². The van der Waals surface area contributed by atoms with E-state index in [1.54, 1.807) is 0 Å². The van der Waals surface area contributed by atoms with Gasteiger partial charge in [-0.05, 0) is 34.1 Å². The highest BCUT2D eigenvalue weighted by atomic mass is 16.6. The maximum absolute atomic E-state index is 12.4. The number of carbonyl (C=O) groups is 2. The first-order valence-electron chi connectivity index (χ1n) is 9.62. The molecule has 25 heavy (non-hydrogen) atoms. The van der Waals surface area contributed by atoms with Crippen LogP contribution in [0.4, 0.5) is 4.79 Å². The van der Waals surface area contributed by atoms with Crippen molar-refractivity contribution in [2.45, 2.75) is 90.9 Å². The molecule has 1 fully saturated rings. The van der Waals surface area contributed by atoms with Gasteiger partial charge in [0.2, 0.25) is 5.91 Å². The lowest BCUT2D eigenvalue weighted by atomic mass is 10.1. The van der Waals surface area contributed by atoms with E-state index in [2.05, 4.69) is 12.2 Å². The fraction of sp³-hybridized carbons (Fsp3) is 0.895. The lowest BCUT2D eigenvalue weighted by Crippen LogP contribution is -2.54. The highest BCUT2D eigenvalue weighted by Gasteiger charge is 2.29. The van der Waals surface area contributed by atoms with Gasteiger partial charge in [0.1, 0.15) is 5.60 Å². The molecular formula is C19H36N2O4. The molecule has 0 aromatic carbocycles. The first kappa shape index (κ1) is 21.7. The summed E-state index contributed by atoms with van der Waals surface area (Å²) in [6, 6.07) is -0.213. The van der Waals surface area contributed by atoms with E-state index >= 15 is 0 Å². The first-order chi connectivity index (χ1) is 11.7.